The second-order valence-corrected chi connectivity index (χ2v) is 6.17. The summed E-state index contributed by atoms with van der Waals surface area (Å²) in [5, 5.41) is 8.62. The third-order valence-electron chi connectivity index (χ3n) is 2.79. The Morgan fingerprint density at radius 3 is 2.67 bits per heavy atom. The van der Waals surface area contributed by atoms with Crippen molar-refractivity contribution >= 4 is 46.7 Å². The molecule has 4 unspecified atom stereocenters. The molecule has 0 amide bonds. The molecule has 2 rings (SSSR count). The number of carbonyl (C=O) groups excluding carboxylic acids is 1. The van der Waals surface area contributed by atoms with Crippen molar-refractivity contribution in [1.82, 2.24) is 0 Å². The lowest BCUT2D eigenvalue weighted by atomic mass is 9.74. The van der Waals surface area contributed by atoms with Gasteiger partial charge in [0.05, 0.1) is 11.2 Å². The molecule has 1 saturated carbocycles. The van der Waals surface area contributed by atoms with Crippen molar-refractivity contribution in [2.24, 2.45) is 11.8 Å². The predicted molar refractivity (Wildman–Crippen MR) is 56.2 cm³/mol. The van der Waals surface area contributed by atoms with E-state index < -0.39 is 33.4 Å². The molecule has 1 N–H and O–H groups in total. The molecule has 2 fully saturated rings. The van der Waals surface area contributed by atoms with Crippen LogP contribution in [-0.4, -0.2) is 39.0 Å². The van der Waals surface area contributed by atoms with Crippen molar-refractivity contribution in [2.45, 2.75) is 15.0 Å². The highest BCUT2D eigenvalue weighted by Gasteiger charge is 2.70. The lowest BCUT2D eigenvalue weighted by Gasteiger charge is -2.41. The third-order valence-corrected chi connectivity index (χ3v) is 5.59. The number of carbonyl (C=O) groups is 2. The van der Waals surface area contributed by atoms with Crippen LogP contribution in [0.2, 0.25) is 0 Å². The summed E-state index contributed by atoms with van der Waals surface area (Å²) in [6.45, 7) is 0. The van der Waals surface area contributed by atoms with Crippen LogP contribution < -0.4 is 0 Å². The first kappa shape index (κ1) is 11.5. The van der Waals surface area contributed by atoms with Crippen LogP contribution in [0.25, 0.3) is 0 Å². The SMILES string of the molecule is COC1SC2C(C(=O)C2(Cl)Cl)C1C(=O)O. The predicted octanol–water partition coefficient (Wildman–Crippen LogP) is 1.15. The average Bonchev–Trinajstić information content (AvgIpc) is 2.54. The van der Waals surface area contributed by atoms with Crippen molar-refractivity contribution in [1.29, 1.82) is 0 Å². The number of hydrogen-bond donors (Lipinski definition) is 1. The smallest absolute Gasteiger partial charge is 0.310 e. The minimum atomic E-state index is -1.45. The molecule has 7 heteroatoms. The van der Waals surface area contributed by atoms with Gasteiger partial charge in [0.1, 0.15) is 11.4 Å². The topological polar surface area (TPSA) is 63.6 Å². The van der Waals surface area contributed by atoms with Crippen LogP contribution in [-0.2, 0) is 14.3 Å². The summed E-state index contributed by atoms with van der Waals surface area (Å²) in [5.41, 5.74) is -0.555. The number of ketones is 1. The number of carboxylic acid groups (broad SMARTS) is 1. The number of thioether (sulfide) groups is 1. The number of halogens is 2. The maximum atomic E-state index is 11.5. The van der Waals surface area contributed by atoms with E-state index in [0.29, 0.717) is 0 Å². The summed E-state index contributed by atoms with van der Waals surface area (Å²) in [6.07, 6.45) is 0. The van der Waals surface area contributed by atoms with E-state index in [1.807, 2.05) is 0 Å². The summed E-state index contributed by atoms with van der Waals surface area (Å²) >= 11 is 12.8. The lowest BCUT2D eigenvalue weighted by Crippen LogP contribution is -2.59. The van der Waals surface area contributed by atoms with E-state index in [1.54, 1.807) is 0 Å². The van der Waals surface area contributed by atoms with Gasteiger partial charge in [-0.3, -0.25) is 9.59 Å². The Morgan fingerprint density at radius 2 is 2.20 bits per heavy atom. The van der Waals surface area contributed by atoms with Gasteiger partial charge in [-0.05, 0) is 0 Å². The van der Waals surface area contributed by atoms with Gasteiger partial charge in [0, 0.05) is 7.11 Å². The van der Waals surface area contributed by atoms with Crippen molar-refractivity contribution in [2.75, 3.05) is 7.11 Å². The summed E-state index contributed by atoms with van der Waals surface area (Å²) in [5.74, 6) is -2.91. The molecule has 0 aromatic rings. The van der Waals surface area contributed by atoms with E-state index in [9.17, 15) is 9.59 Å². The zero-order valence-corrected chi connectivity index (χ0v) is 9.97. The Kier molecular flexibility index (Phi) is 2.70. The number of ether oxygens (including phenoxy) is 1. The van der Waals surface area contributed by atoms with Crippen LogP contribution in [0, 0.1) is 11.8 Å². The standard InChI is InChI=1S/C8H8Cl2O4S/c1-14-7-3(6(12)13)2-4(11)8(9,10)5(2)15-7/h2-3,5,7H,1H3,(H,12,13). The lowest BCUT2D eigenvalue weighted by molar-refractivity contribution is -0.152. The first-order valence-electron chi connectivity index (χ1n) is 4.24. The highest BCUT2D eigenvalue weighted by Crippen LogP contribution is 2.60. The Hall–Kier alpha value is 0.0300. The number of aliphatic carboxylic acids is 1. The van der Waals surface area contributed by atoms with E-state index in [1.165, 1.54) is 18.9 Å². The number of methoxy groups -OCH3 is 1. The van der Waals surface area contributed by atoms with E-state index >= 15 is 0 Å². The van der Waals surface area contributed by atoms with Crippen LogP contribution in [0.3, 0.4) is 0 Å². The highest BCUT2D eigenvalue weighted by molar-refractivity contribution is 8.01. The summed E-state index contributed by atoms with van der Waals surface area (Å²) in [6, 6.07) is 0. The molecule has 0 radical (unpaired) electrons. The Labute approximate surface area is 100 Å². The number of carboxylic acids is 1. The van der Waals surface area contributed by atoms with Crippen molar-refractivity contribution in [3.8, 4) is 0 Å². The molecule has 0 spiro atoms. The van der Waals surface area contributed by atoms with Gasteiger partial charge in [0.2, 0.25) is 0 Å². The zero-order chi connectivity index (χ0) is 11.4. The van der Waals surface area contributed by atoms with Crippen molar-refractivity contribution in [3.05, 3.63) is 0 Å². The first-order valence-corrected chi connectivity index (χ1v) is 5.94. The molecular formula is C8H8Cl2O4S. The molecule has 84 valence electrons. The Bertz CT molecular complexity index is 333. The summed E-state index contributed by atoms with van der Waals surface area (Å²) in [7, 11) is 1.41. The zero-order valence-electron chi connectivity index (χ0n) is 7.65. The second-order valence-electron chi connectivity index (χ2n) is 3.54. The second kappa shape index (κ2) is 3.52. The normalized spacial score (nSPS) is 42.2. The van der Waals surface area contributed by atoms with E-state index in [4.69, 9.17) is 33.0 Å². The minimum Gasteiger partial charge on any atom is -0.481 e. The van der Waals surface area contributed by atoms with Gasteiger partial charge >= 0.3 is 5.97 Å². The molecule has 4 nitrogen and oxygen atoms in total. The number of fused-ring (bicyclic) bond motifs is 1. The molecule has 1 aliphatic carbocycles. The summed E-state index contributed by atoms with van der Waals surface area (Å²) in [4.78, 5) is 22.5. The average molecular weight is 271 g/mol. The fourth-order valence-electron chi connectivity index (χ4n) is 2.02. The summed E-state index contributed by atoms with van der Waals surface area (Å²) < 4.78 is 3.57. The molecule has 0 aromatic heterocycles. The fraction of sp³-hybridized carbons (Fsp3) is 0.750. The van der Waals surface area contributed by atoms with Crippen molar-refractivity contribution < 1.29 is 19.4 Å². The Balaban J connectivity index is 2.28. The largest absolute Gasteiger partial charge is 0.481 e. The van der Waals surface area contributed by atoms with Gasteiger partial charge < -0.3 is 9.84 Å². The number of hydrogen-bond acceptors (Lipinski definition) is 4. The molecular weight excluding hydrogens is 263 g/mol. The number of Topliss-reactive ketones (excluding diaryl/α,β-unsaturated/α-hetero) is 1. The molecule has 1 heterocycles. The van der Waals surface area contributed by atoms with Gasteiger partial charge in [0.25, 0.3) is 0 Å². The van der Waals surface area contributed by atoms with Crippen LogP contribution in [0.4, 0.5) is 0 Å². The highest BCUT2D eigenvalue weighted by atomic mass is 35.5. The van der Waals surface area contributed by atoms with Gasteiger partial charge in [-0.25, -0.2) is 0 Å². The van der Waals surface area contributed by atoms with Gasteiger partial charge in [-0.2, -0.15) is 0 Å². The van der Waals surface area contributed by atoms with Gasteiger partial charge in [-0.15, -0.1) is 11.8 Å². The fourth-order valence-corrected chi connectivity index (χ4v) is 4.46. The quantitative estimate of drug-likeness (QED) is 0.763. The molecule has 0 bridgehead atoms. The van der Waals surface area contributed by atoms with Gasteiger partial charge in [0.15, 0.2) is 10.1 Å². The molecule has 15 heavy (non-hydrogen) atoms. The third kappa shape index (κ3) is 1.40. The Morgan fingerprint density at radius 1 is 1.60 bits per heavy atom. The van der Waals surface area contributed by atoms with Crippen LogP contribution in [0.1, 0.15) is 0 Å². The van der Waals surface area contributed by atoms with E-state index in [2.05, 4.69) is 0 Å². The maximum Gasteiger partial charge on any atom is 0.310 e. The van der Waals surface area contributed by atoms with Crippen LogP contribution >= 0.6 is 35.0 Å². The number of rotatable bonds is 2. The van der Waals surface area contributed by atoms with E-state index in [-0.39, 0.29) is 5.25 Å². The van der Waals surface area contributed by atoms with Crippen LogP contribution in [0.15, 0.2) is 0 Å². The number of alkyl halides is 2. The molecule has 2 aliphatic rings. The molecule has 4 atom stereocenters. The molecule has 0 aromatic carbocycles. The molecule has 1 aliphatic heterocycles. The molecule has 1 saturated heterocycles. The van der Waals surface area contributed by atoms with Crippen molar-refractivity contribution in [3.63, 3.8) is 0 Å². The maximum absolute atomic E-state index is 11.5. The first-order chi connectivity index (χ1) is 6.91. The van der Waals surface area contributed by atoms with Crippen LogP contribution in [0.5, 0.6) is 0 Å². The minimum absolute atomic E-state index is 0.376. The van der Waals surface area contributed by atoms with Gasteiger partial charge in [-0.1, -0.05) is 23.2 Å². The monoisotopic (exact) mass is 270 g/mol. The van der Waals surface area contributed by atoms with E-state index in [0.717, 1.165) is 0 Å².